The fraction of sp³-hybridized carbons (Fsp3) is 0.250. The molecular formula is C20H19ClN4O3. The van der Waals surface area contributed by atoms with Gasteiger partial charge in [-0.05, 0) is 43.7 Å². The maximum absolute atomic E-state index is 12.5. The number of halogens is 1. The monoisotopic (exact) mass is 398 g/mol. The van der Waals surface area contributed by atoms with Crippen molar-refractivity contribution in [3.05, 3.63) is 58.8 Å². The summed E-state index contributed by atoms with van der Waals surface area (Å²) >= 11 is 0. The minimum absolute atomic E-state index is 0. The number of aryl methyl sites for hydroxylation is 1. The lowest BCUT2D eigenvalue weighted by molar-refractivity contribution is 0.223. The second-order valence-corrected chi connectivity index (χ2v) is 6.84. The third kappa shape index (κ3) is 3.34. The van der Waals surface area contributed by atoms with E-state index in [0.29, 0.717) is 28.4 Å². The van der Waals surface area contributed by atoms with Crippen LogP contribution in [0.15, 0.2) is 52.1 Å². The first-order valence-electron chi connectivity index (χ1n) is 8.93. The zero-order chi connectivity index (χ0) is 18.4. The quantitative estimate of drug-likeness (QED) is 0.534. The molecule has 1 fully saturated rings. The van der Waals surface area contributed by atoms with Crippen molar-refractivity contribution >= 4 is 29.2 Å². The Morgan fingerprint density at radius 3 is 3.00 bits per heavy atom. The molecule has 0 amide bonds. The Bertz CT molecular complexity index is 1210. The van der Waals surface area contributed by atoms with E-state index in [9.17, 15) is 4.79 Å². The van der Waals surface area contributed by atoms with Crippen LogP contribution in [0.5, 0.6) is 5.75 Å². The van der Waals surface area contributed by atoms with Crippen molar-refractivity contribution in [1.29, 1.82) is 0 Å². The third-order valence-electron chi connectivity index (χ3n) is 4.74. The smallest absolute Gasteiger partial charge is 0.345 e. The average molecular weight is 399 g/mol. The minimum atomic E-state index is -0.428. The van der Waals surface area contributed by atoms with E-state index in [4.69, 9.17) is 9.15 Å². The zero-order valence-electron chi connectivity index (χ0n) is 15.2. The van der Waals surface area contributed by atoms with Crippen LogP contribution in [-0.4, -0.2) is 33.6 Å². The second-order valence-electron chi connectivity index (χ2n) is 6.84. The molecule has 1 aliphatic heterocycles. The van der Waals surface area contributed by atoms with Gasteiger partial charge in [0.15, 0.2) is 0 Å². The molecule has 0 radical (unpaired) electrons. The number of hydrogen-bond donors (Lipinski definition) is 1. The van der Waals surface area contributed by atoms with E-state index in [1.54, 1.807) is 28.9 Å². The highest BCUT2D eigenvalue weighted by Gasteiger charge is 2.17. The number of fused-ring (bicyclic) bond motifs is 2. The molecule has 1 aromatic carbocycles. The molecule has 7 nitrogen and oxygen atoms in total. The predicted octanol–water partition coefficient (Wildman–Crippen LogP) is 2.97. The van der Waals surface area contributed by atoms with Gasteiger partial charge < -0.3 is 14.5 Å². The molecule has 8 heteroatoms. The van der Waals surface area contributed by atoms with Crippen LogP contribution < -0.4 is 15.7 Å². The van der Waals surface area contributed by atoms with E-state index in [0.717, 1.165) is 30.5 Å². The Morgan fingerprint density at radius 2 is 2.18 bits per heavy atom. The lowest BCUT2D eigenvalue weighted by Gasteiger charge is -2.12. The Morgan fingerprint density at radius 1 is 1.29 bits per heavy atom. The van der Waals surface area contributed by atoms with Crippen LogP contribution in [0.3, 0.4) is 0 Å². The van der Waals surface area contributed by atoms with Gasteiger partial charge in [-0.25, -0.2) is 14.8 Å². The molecule has 1 saturated heterocycles. The molecule has 4 aromatic rings. The second kappa shape index (κ2) is 7.26. The number of benzene rings is 1. The molecule has 1 aliphatic rings. The van der Waals surface area contributed by atoms with Gasteiger partial charge in [-0.3, -0.25) is 4.40 Å². The lowest BCUT2D eigenvalue weighted by atomic mass is 10.1. The summed E-state index contributed by atoms with van der Waals surface area (Å²) in [6.07, 6.45) is 6.59. The number of imidazole rings is 1. The van der Waals surface area contributed by atoms with Crippen LogP contribution in [0, 0.1) is 6.92 Å². The van der Waals surface area contributed by atoms with Crippen molar-refractivity contribution in [2.75, 3.05) is 13.1 Å². The summed E-state index contributed by atoms with van der Waals surface area (Å²) < 4.78 is 13.3. The maximum atomic E-state index is 12.5. The van der Waals surface area contributed by atoms with Crippen molar-refractivity contribution in [2.45, 2.75) is 19.4 Å². The average Bonchev–Trinajstić information content (AvgIpc) is 3.30. The van der Waals surface area contributed by atoms with Crippen molar-refractivity contribution < 1.29 is 9.15 Å². The van der Waals surface area contributed by atoms with E-state index >= 15 is 0 Å². The van der Waals surface area contributed by atoms with Gasteiger partial charge in [0.25, 0.3) is 0 Å². The summed E-state index contributed by atoms with van der Waals surface area (Å²) in [6.45, 7) is 3.75. The van der Waals surface area contributed by atoms with Crippen LogP contribution in [0.25, 0.3) is 28.0 Å². The summed E-state index contributed by atoms with van der Waals surface area (Å²) in [5.74, 6) is 1.25. The lowest BCUT2D eigenvalue weighted by Crippen LogP contribution is -2.19. The molecule has 3 aromatic heterocycles. The van der Waals surface area contributed by atoms with Crippen LogP contribution in [0.1, 0.15) is 12.0 Å². The normalized spacial score (nSPS) is 16.4. The fourth-order valence-corrected chi connectivity index (χ4v) is 3.38. The van der Waals surface area contributed by atoms with Crippen LogP contribution in [0.2, 0.25) is 0 Å². The Hall–Kier alpha value is -2.90. The van der Waals surface area contributed by atoms with E-state index in [1.165, 1.54) is 0 Å². The van der Waals surface area contributed by atoms with E-state index < -0.39 is 5.63 Å². The van der Waals surface area contributed by atoms with E-state index in [1.807, 2.05) is 25.3 Å². The molecule has 0 bridgehead atoms. The topological polar surface area (TPSA) is 81.7 Å². The Kier molecular flexibility index (Phi) is 4.78. The molecule has 28 heavy (non-hydrogen) atoms. The highest BCUT2D eigenvalue weighted by Crippen LogP contribution is 2.25. The first-order chi connectivity index (χ1) is 13.2. The van der Waals surface area contributed by atoms with Crippen molar-refractivity contribution in [3.63, 3.8) is 0 Å². The van der Waals surface area contributed by atoms with Crippen molar-refractivity contribution in [3.8, 4) is 17.0 Å². The van der Waals surface area contributed by atoms with Gasteiger partial charge in [0.2, 0.25) is 5.78 Å². The van der Waals surface area contributed by atoms with Gasteiger partial charge in [0.05, 0.1) is 11.3 Å². The zero-order valence-corrected chi connectivity index (χ0v) is 16.0. The molecule has 5 rings (SSSR count). The molecule has 0 spiro atoms. The van der Waals surface area contributed by atoms with Gasteiger partial charge in [0, 0.05) is 36.6 Å². The van der Waals surface area contributed by atoms with Gasteiger partial charge in [0.1, 0.15) is 17.4 Å². The van der Waals surface area contributed by atoms with Gasteiger partial charge in [-0.15, -0.1) is 12.4 Å². The molecule has 0 aliphatic carbocycles. The maximum Gasteiger partial charge on any atom is 0.345 e. The largest absolute Gasteiger partial charge is 0.489 e. The van der Waals surface area contributed by atoms with Crippen molar-refractivity contribution in [1.82, 2.24) is 19.7 Å². The number of rotatable bonds is 3. The molecule has 144 valence electrons. The van der Waals surface area contributed by atoms with E-state index in [-0.39, 0.29) is 18.5 Å². The summed E-state index contributed by atoms with van der Waals surface area (Å²) in [5, 5.41) is 4.09. The number of nitrogens with zero attached hydrogens (tertiary/aromatic N) is 3. The Balaban J connectivity index is 0.00000192. The van der Waals surface area contributed by atoms with Gasteiger partial charge >= 0.3 is 5.63 Å². The molecular weight excluding hydrogens is 380 g/mol. The summed E-state index contributed by atoms with van der Waals surface area (Å²) in [7, 11) is 0. The molecule has 1 N–H and O–H groups in total. The molecule has 1 atom stereocenters. The highest BCUT2D eigenvalue weighted by molar-refractivity contribution is 5.85. The number of hydrogen-bond acceptors (Lipinski definition) is 6. The highest BCUT2D eigenvalue weighted by atomic mass is 35.5. The first kappa shape index (κ1) is 18.5. The number of ether oxygens (including phenoxy) is 1. The summed E-state index contributed by atoms with van der Waals surface area (Å²) in [5.41, 5.74) is 2.05. The summed E-state index contributed by atoms with van der Waals surface area (Å²) in [4.78, 5) is 21.3. The summed E-state index contributed by atoms with van der Waals surface area (Å²) in [6, 6.07) is 7.38. The number of aromatic nitrogens is 3. The van der Waals surface area contributed by atoms with Gasteiger partial charge in [-0.2, -0.15) is 0 Å². The van der Waals surface area contributed by atoms with Crippen LogP contribution in [0.4, 0.5) is 0 Å². The molecule has 0 saturated carbocycles. The number of nitrogens with one attached hydrogen (secondary N) is 1. The first-order valence-corrected chi connectivity index (χ1v) is 8.93. The van der Waals surface area contributed by atoms with E-state index in [2.05, 4.69) is 15.3 Å². The van der Waals surface area contributed by atoms with Gasteiger partial charge in [-0.1, -0.05) is 0 Å². The Labute approximate surface area is 166 Å². The predicted molar refractivity (Wildman–Crippen MR) is 108 cm³/mol. The molecule has 4 heterocycles. The molecule has 0 unspecified atom stereocenters. The standard InChI is InChI=1S/C20H18N4O3.ClH/c1-12-8-22-20-23-17(11-24(20)10-12)16-6-13-2-3-14(7-18(13)27-19(16)25)26-15-4-5-21-9-15;/h2-3,6-8,10-11,15,21H,4-5,9H2,1H3;1H/t15-;/m1./s1. The minimum Gasteiger partial charge on any atom is -0.489 e. The fourth-order valence-electron chi connectivity index (χ4n) is 3.38. The van der Waals surface area contributed by atoms with Crippen LogP contribution in [-0.2, 0) is 0 Å². The third-order valence-corrected chi connectivity index (χ3v) is 4.74. The SMILES string of the molecule is Cc1cnc2nc(-c3cc4ccc(O[C@@H]5CCNC5)cc4oc3=O)cn2c1.Cl. The van der Waals surface area contributed by atoms with Crippen LogP contribution >= 0.6 is 12.4 Å². The van der Waals surface area contributed by atoms with Crippen molar-refractivity contribution in [2.24, 2.45) is 0 Å².